The smallest absolute Gasteiger partial charge is 0.356 e. The number of carbonyl (C=O) groups excluding carboxylic acids is 1. The van der Waals surface area contributed by atoms with Crippen LogP contribution >= 0.6 is 0 Å². The molecule has 0 saturated heterocycles. The lowest BCUT2D eigenvalue weighted by Gasteiger charge is -1.97. The van der Waals surface area contributed by atoms with Crippen molar-refractivity contribution in [2.75, 3.05) is 13.2 Å². The molecule has 2 N–H and O–H groups in total. The average molecular weight is 156 g/mol. The fourth-order valence-electron chi connectivity index (χ4n) is 0.584. The Balaban J connectivity index is 2.43. The average Bonchev–Trinajstić information content (AvgIpc) is 2.52. The Morgan fingerprint density at radius 3 is 3.18 bits per heavy atom. The second-order valence-corrected chi connectivity index (χ2v) is 1.82. The molecule has 0 aromatic carbocycles. The van der Waals surface area contributed by atoms with Gasteiger partial charge in [-0.05, 0) is 0 Å². The first-order valence-corrected chi connectivity index (χ1v) is 3.11. The Bertz CT molecular complexity index is 220. The summed E-state index contributed by atoms with van der Waals surface area (Å²) >= 11 is 0. The van der Waals surface area contributed by atoms with Crippen molar-refractivity contribution in [2.24, 2.45) is 0 Å². The van der Waals surface area contributed by atoms with Crippen LogP contribution in [0.5, 0.6) is 0 Å². The third kappa shape index (κ3) is 2.05. The molecule has 60 valence electrons. The highest BCUT2D eigenvalue weighted by Crippen LogP contribution is 1.93. The lowest BCUT2D eigenvalue weighted by molar-refractivity contribution is 0.0427. The van der Waals surface area contributed by atoms with E-state index in [1.54, 1.807) is 0 Å². The number of aliphatic hydroxyl groups is 1. The minimum absolute atomic E-state index is 0.0118. The van der Waals surface area contributed by atoms with Gasteiger partial charge in [-0.15, -0.1) is 0 Å². The second-order valence-electron chi connectivity index (χ2n) is 1.82. The number of rotatable bonds is 3. The van der Waals surface area contributed by atoms with E-state index in [0.717, 1.165) is 0 Å². The maximum atomic E-state index is 10.9. The Kier molecular flexibility index (Phi) is 2.62. The molecule has 1 aromatic rings. The van der Waals surface area contributed by atoms with Crippen LogP contribution < -0.4 is 0 Å². The summed E-state index contributed by atoms with van der Waals surface area (Å²) in [5, 5.41) is 8.31. The van der Waals surface area contributed by atoms with E-state index in [2.05, 4.69) is 14.7 Å². The van der Waals surface area contributed by atoms with Crippen molar-refractivity contribution in [1.29, 1.82) is 0 Å². The summed E-state index contributed by atoms with van der Waals surface area (Å²) in [6, 6.07) is 0. The number of hydrogen-bond acceptors (Lipinski definition) is 4. The van der Waals surface area contributed by atoms with E-state index in [0.29, 0.717) is 5.69 Å². The maximum Gasteiger partial charge on any atom is 0.356 e. The number of aromatic amines is 1. The Hall–Kier alpha value is -1.36. The number of H-pyrrole nitrogens is 1. The molecule has 0 saturated carbocycles. The van der Waals surface area contributed by atoms with Crippen molar-refractivity contribution in [1.82, 2.24) is 9.97 Å². The van der Waals surface area contributed by atoms with Gasteiger partial charge in [0, 0.05) is 0 Å². The number of nitrogens with zero attached hydrogens (tertiary/aromatic N) is 1. The quantitative estimate of drug-likeness (QED) is 0.581. The van der Waals surface area contributed by atoms with E-state index in [-0.39, 0.29) is 13.2 Å². The first-order valence-electron chi connectivity index (χ1n) is 3.11. The number of nitrogens with one attached hydrogen (secondary N) is 1. The molecule has 0 amide bonds. The van der Waals surface area contributed by atoms with Gasteiger partial charge >= 0.3 is 5.97 Å². The van der Waals surface area contributed by atoms with Gasteiger partial charge in [-0.25, -0.2) is 9.78 Å². The van der Waals surface area contributed by atoms with E-state index < -0.39 is 5.97 Å². The molecule has 0 aliphatic carbocycles. The molecule has 5 heteroatoms. The zero-order chi connectivity index (χ0) is 8.10. The summed E-state index contributed by atoms with van der Waals surface area (Å²) in [7, 11) is 0. The normalized spacial score (nSPS) is 9.55. The van der Waals surface area contributed by atoms with Gasteiger partial charge in [-0.3, -0.25) is 0 Å². The van der Waals surface area contributed by atoms with Crippen LogP contribution in [0.15, 0.2) is 12.5 Å². The molecule has 0 bridgehead atoms. The first-order chi connectivity index (χ1) is 5.34. The van der Waals surface area contributed by atoms with Gasteiger partial charge in [0.2, 0.25) is 0 Å². The van der Waals surface area contributed by atoms with Crippen molar-refractivity contribution in [3.8, 4) is 0 Å². The number of carbonyl (C=O) groups is 1. The number of imidazole rings is 1. The SMILES string of the molecule is O=C(OCCO)c1cnc[nH]1. The summed E-state index contributed by atoms with van der Waals surface area (Å²) < 4.78 is 4.58. The monoisotopic (exact) mass is 156 g/mol. The van der Waals surface area contributed by atoms with Crippen LogP contribution in [0.4, 0.5) is 0 Å². The van der Waals surface area contributed by atoms with Crippen LogP contribution in [0.25, 0.3) is 0 Å². The third-order valence-electron chi connectivity index (χ3n) is 1.04. The number of aliphatic hydroxyl groups excluding tert-OH is 1. The predicted octanol–water partition coefficient (Wildman–Crippen LogP) is -0.441. The van der Waals surface area contributed by atoms with Gasteiger partial charge < -0.3 is 14.8 Å². The van der Waals surface area contributed by atoms with Crippen molar-refractivity contribution >= 4 is 5.97 Å². The summed E-state index contributed by atoms with van der Waals surface area (Å²) in [6.45, 7) is -0.155. The molecule has 5 nitrogen and oxygen atoms in total. The van der Waals surface area contributed by atoms with Crippen molar-refractivity contribution in [2.45, 2.75) is 0 Å². The highest BCUT2D eigenvalue weighted by Gasteiger charge is 2.06. The van der Waals surface area contributed by atoms with E-state index >= 15 is 0 Å². The Labute approximate surface area is 63.0 Å². The summed E-state index contributed by atoms with van der Waals surface area (Å²) in [4.78, 5) is 17.1. The molecular formula is C6H8N2O3. The standard InChI is InChI=1S/C6H8N2O3/c9-1-2-11-6(10)5-3-7-4-8-5/h3-4,9H,1-2H2,(H,7,8). The summed E-state index contributed by atoms with van der Waals surface area (Å²) in [5.41, 5.74) is 0.290. The van der Waals surface area contributed by atoms with E-state index in [9.17, 15) is 4.79 Å². The summed E-state index contributed by atoms with van der Waals surface area (Å²) in [6.07, 6.45) is 2.75. The number of aromatic nitrogens is 2. The zero-order valence-corrected chi connectivity index (χ0v) is 5.78. The highest BCUT2D eigenvalue weighted by molar-refractivity contribution is 5.86. The molecule has 0 radical (unpaired) electrons. The molecule has 1 rings (SSSR count). The van der Waals surface area contributed by atoms with Gasteiger partial charge in [0.15, 0.2) is 0 Å². The van der Waals surface area contributed by atoms with Crippen molar-refractivity contribution < 1.29 is 14.6 Å². The molecule has 0 aliphatic heterocycles. The molecular weight excluding hydrogens is 148 g/mol. The fraction of sp³-hybridized carbons (Fsp3) is 0.333. The van der Waals surface area contributed by atoms with E-state index in [4.69, 9.17) is 5.11 Å². The van der Waals surface area contributed by atoms with E-state index in [1.807, 2.05) is 0 Å². The second kappa shape index (κ2) is 3.72. The summed E-state index contributed by atoms with van der Waals surface area (Å²) in [5.74, 6) is -0.503. The van der Waals surface area contributed by atoms with Crippen LogP contribution in [-0.2, 0) is 4.74 Å². The van der Waals surface area contributed by atoms with Crippen LogP contribution in [0.3, 0.4) is 0 Å². The van der Waals surface area contributed by atoms with E-state index in [1.165, 1.54) is 12.5 Å². The first kappa shape index (κ1) is 7.74. The van der Waals surface area contributed by atoms with Crippen molar-refractivity contribution in [3.05, 3.63) is 18.2 Å². The Morgan fingerprint density at radius 1 is 1.82 bits per heavy atom. The van der Waals surface area contributed by atoms with Gasteiger partial charge in [-0.2, -0.15) is 0 Å². The highest BCUT2D eigenvalue weighted by atomic mass is 16.5. The number of hydrogen-bond donors (Lipinski definition) is 2. The van der Waals surface area contributed by atoms with Crippen LogP contribution in [0, 0.1) is 0 Å². The van der Waals surface area contributed by atoms with Gasteiger partial charge in [-0.1, -0.05) is 0 Å². The Morgan fingerprint density at radius 2 is 2.64 bits per heavy atom. The minimum atomic E-state index is -0.503. The molecule has 0 aliphatic rings. The van der Waals surface area contributed by atoms with Crippen LogP contribution in [0.2, 0.25) is 0 Å². The van der Waals surface area contributed by atoms with Crippen LogP contribution in [0.1, 0.15) is 10.5 Å². The third-order valence-corrected chi connectivity index (χ3v) is 1.04. The van der Waals surface area contributed by atoms with Crippen molar-refractivity contribution in [3.63, 3.8) is 0 Å². The molecule has 0 spiro atoms. The lowest BCUT2D eigenvalue weighted by Crippen LogP contribution is -2.08. The molecule has 1 aromatic heterocycles. The number of esters is 1. The molecule has 0 unspecified atom stereocenters. The largest absolute Gasteiger partial charge is 0.459 e. The molecule has 0 fully saturated rings. The lowest BCUT2D eigenvalue weighted by atomic mass is 10.5. The minimum Gasteiger partial charge on any atom is -0.459 e. The molecule has 1 heterocycles. The topological polar surface area (TPSA) is 75.2 Å². The number of ether oxygens (including phenoxy) is 1. The molecule has 0 atom stereocenters. The van der Waals surface area contributed by atoms with Gasteiger partial charge in [0.25, 0.3) is 0 Å². The predicted molar refractivity (Wildman–Crippen MR) is 36.0 cm³/mol. The zero-order valence-electron chi connectivity index (χ0n) is 5.78. The van der Waals surface area contributed by atoms with Crippen LogP contribution in [-0.4, -0.2) is 34.3 Å². The maximum absolute atomic E-state index is 10.9. The molecule has 11 heavy (non-hydrogen) atoms. The fourth-order valence-corrected chi connectivity index (χ4v) is 0.584. The van der Waals surface area contributed by atoms with Gasteiger partial charge in [0.1, 0.15) is 12.3 Å². The van der Waals surface area contributed by atoms with Gasteiger partial charge in [0.05, 0.1) is 19.1 Å².